The van der Waals surface area contributed by atoms with E-state index in [1.807, 2.05) is 17.5 Å². The zero-order valence-electron chi connectivity index (χ0n) is 11.8. The van der Waals surface area contributed by atoms with Crippen molar-refractivity contribution in [1.82, 2.24) is 0 Å². The number of guanidine groups is 1. The third-order valence-corrected chi connectivity index (χ3v) is 3.53. The smallest absolute Gasteiger partial charge is 0.404 e. The highest BCUT2D eigenvalue weighted by Crippen LogP contribution is 2.29. The number of aliphatic imine (C=N–C) groups is 1. The van der Waals surface area contributed by atoms with E-state index >= 15 is 0 Å². The van der Waals surface area contributed by atoms with Crippen LogP contribution in [0.2, 0.25) is 0 Å². The fraction of sp³-hybridized carbons (Fsp3) is 0.214. The fourth-order valence-corrected chi connectivity index (χ4v) is 2.40. The molecule has 1 aromatic carbocycles. The topological polar surface area (TPSA) is 59.6 Å². The minimum atomic E-state index is -4.76. The summed E-state index contributed by atoms with van der Waals surface area (Å²) in [5, 5.41) is 4.58. The Morgan fingerprint density at radius 1 is 1.22 bits per heavy atom. The highest BCUT2D eigenvalue weighted by molar-refractivity contribution is 14.0. The van der Waals surface area contributed by atoms with E-state index in [-0.39, 0.29) is 41.4 Å². The average molecular weight is 457 g/mol. The van der Waals surface area contributed by atoms with E-state index in [9.17, 15) is 13.2 Å². The van der Waals surface area contributed by atoms with E-state index in [2.05, 4.69) is 15.0 Å². The number of nitrogens with two attached hydrogens (primary N) is 1. The summed E-state index contributed by atoms with van der Waals surface area (Å²) in [6.45, 7) is 0.446. The maximum Gasteiger partial charge on any atom is 0.573 e. The predicted molar refractivity (Wildman–Crippen MR) is 96.7 cm³/mol. The lowest BCUT2D eigenvalue weighted by Crippen LogP contribution is -2.24. The zero-order valence-corrected chi connectivity index (χ0v) is 15.0. The van der Waals surface area contributed by atoms with Crippen LogP contribution in [0.4, 0.5) is 18.9 Å². The van der Waals surface area contributed by atoms with Crippen molar-refractivity contribution in [3.05, 3.63) is 46.7 Å². The van der Waals surface area contributed by atoms with Crippen molar-refractivity contribution in [2.24, 2.45) is 10.7 Å². The Morgan fingerprint density at radius 2 is 1.96 bits per heavy atom. The van der Waals surface area contributed by atoms with Crippen LogP contribution in [-0.4, -0.2) is 18.9 Å². The molecule has 9 heteroatoms. The van der Waals surface area contributed by atoms with Crippen molar-refractivity contribution in [3.63, 3.8) is 0 Å². The Balaban J connectivity index is 0.00000264. The Morgan fingerprint density at radius 3 is 2.61 bits per heavy atom. The van der Waals surface area contributed by atoms with Crippen molar-refractivity contribution in [1.29, 1.82) is 0 Å². The lowest BCUT2D eigenvalue weighted by atomic mass is 10.3. The molecule has 0 unspecified atom stereocenters. The summed E-state index contributed by atoms with van der Waals surface area (Å²) in [5.74, 6) is -0.318. The lowest BCUT2D eigenvalue weighted by Gasteiger charge is -2.14. The normalized spacial score (nSPS) is 11.7. The Bertz CT molecular complexity index is 632. The molecule has 0 fully saturated rings. The summed E-state index contributed by atoms with van der Waals surface area (Å²) >= 11 is 1.61. The van der Waals surface area contributed by atoms with Crippen molar-refractivity contribution in [2.75, 3.05) is 11.9 Å². The molecular formula is C14H15F3IN3OS. The molecule has 3 N–H and O–H groups in total. The molecule has 0 aliphatic heterocycles. The Kier molecular flexibility index (Phi) is 7.62. The second-order valence-electron chi connectivity index (χ2n) is 4.27. The maximum atomic E-state index is 12.3. The van der Waals surface area contributed by atoms with E-state index in [0.29, 0.717) is 6.54 Å². The second-order valence-corrected chi connectivity index (χ2v) is 5.30. The van der Waals surface area contributed by atoms with Crippen LogP contribution >= 0.6 is 35.3 Å². The van der Waals surface area contributed by atoms with E-state index in [1.165, 1.54) is 18.2 Å². The van der Waals surface area contributed by atoms with E-state index in [1.54, 1.807) is 17.4 Å². The molecule has 126 valence electrons. The molecular weight excluding hydrogens is 442 g/mol. The number of para-hydroxylation sites is 2. The molecule has 2 rings (SSSR count). The third-order valence-electron chi connectivity index (χ3n) is 2.60. The third kappa shape index (κ3) is 7.08. The van der Waals surface area contributed by atoms with Gasteiger partial charge in [-0.1, -0.05) is 18.2 Å². The number of halogens is 4. The van der Waals surface area contributed by atoms with Crippen LogP contribution in [-0.2, 0) is 6.42 Å². The van der Waals surface area contributed by atoms with Crippen LogP contribution in [0.3, 0.4) is 0 Å². The second kappa shape index (κ2) is 8.96. The molecule has 1 aromatic heterocycles. The number of hydrogen-bond acceptors (Lipinski definition) is 3. The first-order chi connectivity index (χ1) is 10.4. The molecule has 23 heavy (non-hydrogen) atoms. The summed E-state index contributed by atoms with van der Waals surface area (Å²) in [7, 11) is 0. The van der Waals surface area contributed by atoms with Gasteiger partial charge < -0.3 is 15.8 Å². The number of alkyl halides is 3. The van der Waals surface area contributed by atoms with Crippen molar-refractivity contribution >= 4 is 47.0 Å². The van der Waals surface area contributed by atoms with Crippen LogP contribution in [0.15, 0.2) is 46.8 Å². The van der Waals surface area contributed by atoms with Crippen LogP contribution in [0.5, 0.6) is 5.75 Å². The lowest BCUT2D eigenvalue weighted by molar-refractivity contribution is -0.274. The molecule has 1 heterocycles. The zero-order chi connectivity index (χ0) is 16.0. The summed E-state index contributed by atoms with van der Waals surface area (Å²) < 4.78 is 40.9. The van der Waals surface area contributed by atoms with Gasteiger partial charge in [-0.15, -0.1) is 48.5 Å². The SMILES string of the molecule is I.NC(=NCCc1cccs1)Nc1ccccc1OC(F)(F)F. The Hall–Kier alpha value is -1.49. The van der Waals surface area contributed by atoms with Gasteiger partial charge in [0, 0.05) is 17.8 Å². The molecule has 0 aliphatic carbocycles. The molecule has 0 atom stereocenters. The van der Waals surface area contributed by atoms with Gasteiger partial charge in [0.2, 0.25) is 0 Å². The molecule has 0 spiro atoms. The first-order valence-corrected chi connectivity index (χ1v) is 7.26. The van der Waals surface area contributed by atoms with Gasteiger partial charge in [-0.2, -0.15) is 0 Å². The number of thiophene rings is 1. The first kappa shape index (κ1) is 19.6. The molecule has 2 aromatic rings. The van der Waals surface area contributed by atoms with Crippen molar-refractivity contribution < 1.29 is 17.9 Å². The summed E-state index contributed by atoms with van der Waals surface area (Å²) in [6.07, 6.45) is -4.04. The molecule has 0 bridgehead atoms. The highest BCUT2D eigenvalue weighted by atomic mass is 127. The standard InChI is InChI=1S/C14H14F3N3OS.HI/c15-14(16,17)21-12-6-2-1-5-11(12)20-13(18)19-8-7-10-4-3-9-22-10;/h1-6,9H,7-8H2,(H3,18,19,20);1H. The largest absolute Gasteiger partial charge is 0.573 e. The summed E-state index contributed by atoms with van der Waals surface area (Å²) in [4.78, 5) is 5.25. The van der Waals surface area contributed by atoms with E-state index < -0.39 is 6.36 Å². The fourth-order valence-electron chi connectivity index (χ4n) is 1.70. The van der Waals surface area contributed by atoms with Gasteiger partial charge in [0.1, 0.15) is 0 Å². The van der Waals surface area contributed by atoms with Gasteiger partial charge in [-0.3, -0.25) is 4.99 Å². The maximum absolute atomic E-state index is 12.3. The van der Waals surface area contributed by atoms with Crippen molar-refractivity contribution in [3.8, 4) is 5.75 Å². The number of hydrogen-bond donors (Lipinski definition) is 2. The molecule has 0 radical (unpaired) electrons. The Labute approximate surface area is 152 Å². The van der Waals surface area contributed by atoms with Gasteiger partial charge in [-0.05, 0) is 23.6 Å². The predicted octanol–water partition coefficient (Wildman–Crippen LogP) is 4.23. The first-order valence-electron chi connectivity index (χ1n) is 6.38. The minimum Gasteiger partial charge on any atom is -0.404 e. The molecule has 0 amide bonds. The van der Waals surface area contributed by atoms with Crippen LogP contribution in [0.1, 0.15) is 4.88 Å². The summed E-state index contributed by atoms with van der Waals surface area (Å²) in [6, 6.07) is 9.57. The minimum absolute atomic E-state index is 0. The van der Waals surface area contributed by atoms with Crippen LogP contribution in [0.25, 0.3) is 0 Å². The quantitative estimate of drug-likeness (QED) is 0.402. The molecule has 4 nitrogen and oxygen atoms in total. The van der Waals surface area contributed by atoms with Gasteiger partial charge in [0.05, 0.1) is 5.69 Å². The van der Waals surface area contributed by atoms with Gasteiger partial charge in [-0.25, -0.2) is 0 Å². The van der Waals surface area contributed by atoms with Gasteiger partial charge in [0.15, 0.2) is 11.7 Å². The van der Waals surface area contributed by atoms with Crippen LogP contribution in [0, 0.1) is 0 Å². The summed E-state index contributed by atoms with van der Waals surface area (Å²) in [5.41, 5.74) is 5.79. The number of benzene rings is 1. The van der Waals surface area contributed by atoms with Crippen LogP contribution < -0.4 is 15.8 Å². The monoisotopic (exact) mass is 457 g/mol. The van der Waals surface area contributed by atoms with Crippen molar-refractivity contribution in [2.45, 2.75) is 12.8 Å². The molecule has 0 saturated heterocycles. The molecule has 0 aliphatic rings. The average Bonchev–Trinajstić information content (AvgIpc) is 2.92. The number of ether oxygens (including phenoxy) is 1. The highest BCUT2D eigenvalue weighted by Gasteiger charge is 2.32. The van der Waals surface area contributed by atoms with Gasteiger partial charge >= 0.3 is 6.36 Å². The van der Waals surface area contributed by atoms with E-state index in [0.717, 1.165) is 11.3 Å². The number of anilines is 1. The number of rotatable bonds is 5. The number of nitrogens with zero attached hydrogens (tertiary/aromatic N) is 1. The number of nitrogens with one attached hydrogen (secondary N) is 1. The molecule has 0 saturated carbocycles. The van der Waals surface area contributed by atoms with Gasteiger partial charge in [0.25, 0.3) is 0 Å². The van der Waals surface area contributed by atoms with E-state index in [4.69, 9.17) is 5.73 Å².